The van der Waals surface area contributed by atoms with Crippen LogP contribution in [0.15, 0.2) is 48.5 Å². The summed E-state index contributed by atoms with van der Waals surface area (Å²) in [4.78, 5) is 0. The second-order valence-corrected chi connectivity index (χ2v) is 5.06. The first kappa shape index (κ1) is 13.0. The molecule has 3 nitrogen and oxygen atoms in total. The Balaban J connectivity index is 1.72. The van der Waals surface area contributed by atoms with Gasteiger partial charge in [0.1, 0.15) is 5.75 Å². The molecule has 2 N–H and O–H groups in total. The third kappa shape index (κ3) is 2.49. The maximum absolute atomic E-state index is 10.5. The highest BCUT2D eigenvalue weighted by Crippen LogP contribution is 2.32. The molecule has 0 saturated heterocycles. The Kier molecular flexibility index (Phi) is 3.61. The van der Waals surface area contributed by atoms with Gasteiger partial charge < -0.3 is 15.2 Å². The number of nitrogens with one attached hydrogen (secondary N) is 1. The summed E-state index contributed by atoms with van der Waals surface area (Å²) < 4.78 is 5.42. The smallest absolute Gasteiger partial charge is 0.119 e. The zero-order chi connectivity index (χ0) is 13.9. The van der Waals surface area contributed by atoms with Crippen molar-refractivity contribution in [3.8, 4) is 5.75 Å². The van der Waals surface area contributed by atoms with Crippen LogP contribution in [0.2, 0.25) is 0 Å². The van der Waals surface area contributed by atoms with Crippen molar-refractivity contribution in [2.45, 2.75) is 25.5 Å². The molecule has 0 amide bonds. The lowest BCUT2D eigenvalue weighted by molar-refractivity contribution is 0.156. The van der Waals surface area contributed by atoms with Crippen molar-refractivity contribution in [1.29, 1.82) is 0 Å². The first-order valence-electron chi connectivity index (χ1n) is 7.03. The Morgan fingerprint density at radius 1 is 1.20 bits per heavy atom. The summed E-state index contributed by atoms with van der Waals surface area (Å²) in [5, 5.41) is 13.9. The Bertz CT molecular complexity index is 555. The molecule has 104 valence electrons. The maximum Gasteiger partial charge on any atom is 0.119 e. The Labute approximate surface area is 119 Å². The van der Waals surface area contributed by atoms with E-state index in [1.54, 1.807) is 0 Å². The van der Waals surface area contributed by atoms with Crippen LogP contribution >= 0.6 is 0 Å². The molecule has 3 heteroatoms. The van der Waals surface area contributed by atoms with Crippen molar-refractivity contribution < 1.29 is 9.84 Å². The second-order valence-electron chi connectivity index (χ2n) is 5.06. The van der Waals surface area contributed by atoms with E-state index in [0.717, 1.165) is 23.4 Å². The van der Waals surface area contributed by atoms with Gasteiger partial charge in [0.05, 0.1) is 18.8 Å². The highest BCUT2D eigenvalue weighted by atomic mass is 16.5. The maximum atomic E-state index is 10.5. The molecule has 2 unspecified atom stereocenters. The van der Waals surface area contributed by atoms with E-state index < -0.39 is 6.10 Å². The summed E-state index contributed by atoms with van der Waals surface area (Å²) in [6.07, 6.45) is 0.336. The average molecular weight is 269 g/mol. The topological polar surface area (TPSA) is 41.5 Å². The van der Waals surface area contributed by atoms with E-state index in [0.29, 0.717) is 6.61 Å². The molecule has 3 rings (SSSR count). The molecule has 0 fully saturated rings. The number of fused-ring (bicyclic) bond motifs is 1. The lowest BCUT2D eigenvalue weighted by Crippen LogP contribution is -2.24. The van der Waals surface area contributed by atoms with E-state index >= 15 is 0 Å². The number of benzene rings is 2. The molecule has 0 bridgehead atoms. The van der Waals surface area contributed by atoms with Crippen LogP contribution in [0.25, 0.3) is 0 Å². The largest absolute Gasteiger partial charge is 0.494 e. The number of ether oxygens (including phenoxy) is 1. The van der Waals surface area contributed by atoms with Crippen molar-refractivity contribution in [2.75, 3.05) is 11.9 Å². The molecule has 2 atom stereocenters. The van der Waals surface area contributed by atoms with Crippen LogP contribution in [0.3, 0.4) is 0 Å². The standard InChI is InChI=1S/C17H19NO2/c1-2-20-14-9-7-12(8-10-14)17(19)16-11-13-5-3-4-6-15(13)18-16/h3-10,16-19H,2,11H2,1H3. The fraction of sp³-hybridized carbons (Fsp3) is 0.294. The quantitative estimate of drug-likeness (QED) is 0.896. The van der Waals surface area contributed by atoms with Crippen LogP contribution in [0.4, 0.5) is 5.69 Å². The number of aliphatic hydroxyl groups is 1. The molecule has 0 spiro atoms. The van der Waals surface area contributed by atoms with E-state index in [2.05, 4.69) is 17.4 Å². The van der Waals surface area contributed by atoms with Gasteiger partial charge in [-0.3, -0.25) is 0 Å². The number of hydrogen-bond donors (Lipinski definition) is 2. The van der Waals surface area contributed by atoms with Gasteiger partial charge in [-0.15, -0.1) is 0 Å². The van der Waals surface area contributed by atoms with E-state index in [-0.39, 0.29) is 6.04 Å². The van der Waals surface area contributed by atoms with Crippen LogP contribution in [0.5, 0.6) is 5.75 Å². The summed E-state index contributed by atoms with van der Waals surface area (Å²) in [5.74, 6) is 0.839. The number of rotatable bonds is 4. The van der Waals surface area contributed by atoms with Crippen molar-refractivity contribution in [3.63, 3.8) is 0 Å². The summed E-state index contributed by atoms with van der Waals surface area (Å²) in [6.45, 7) is 2.61. The minimum atomic E-state index is -0.516. The number of para-hydroxylation sites is 1. The normalized spacial score (nSPS) is 18.2. The molecule has 2 aromatic carbocycles. The lowest BCUT2D eigenvalue weighted by Gasteiger charge is -2.19. The fourth-order valence-electron chi connectivity index (χ4n) is 2.68. The van der Waals surface area contributed by atoms with Crippen LogP contribution in [-0.4, -0.2) is 17.8 Å². The summed E-state index contributed by atoms with van der Waals surface area (Å²) in [6, 6.07) is 15.9. The van der Waals surface area contributed by atoms with Crippen molar-refractivity contribution in [1.82, 2.24) is 0 Å². The molecular formula is C17H19NO2. The molecular weight excluding hydrogens is 250 g/mol. The first-order valence-corrected chi connectivity index (χ1v) is 7.03. The van der Waals surface area contributed by atoms with Gasteiger partial charge in [-0.05, 0) is 42.7 Å². The predicted octanol–water partition coefficient (Wildman–Crippen LogP) is 3.16. The van der Waals surface area contributed by atoms with Gasteiger partial charge in [0, 0.05) is 5.69 Å². The number of hydrogen-bond acceptors (Lipinski definition) is 3. The lowest BCUT2D eigenvalue weighted by atomic mass is 9.99. The summed E-state index contributed by atoms with van der Waals surface area (Å²) in [7, 11) is 0. The molecule has 2 aromatic rings. The van der Waals surface area contributed by atoms with Crippen LogP contribution in [0, 0.1) is 0 Å². The van der Waals surface area contributed by atoms with Gasteiger partial charge in [0.2, 0.25) is 0 Å². The van der Waals surface area contributed by atoms with Gasteiger partial charge in [0.25, 0.3) is 0 Å². The van der Waals surface area contributed by atoms with Crippen molar-refractivity contribution in [2.24, 2.45) is 0 Å². The van der Waals surface area contributed by atoms with Gasteiger partial charge >= 0.3 is 0 Å². The van der Waals surface area contributed by atoms with E-state index in [1.165, 1.54) is 5.56 Å². The molecule has 1 heterocycles. The van der Waals surface area contributed by atoms with Crippen LogP contribution in [0.1, 0.15) is 24.2 Å². The van der Waals surface area contributed by atoms with E-state index in [1.807, 2.05) is 43.3 Å². The third-order valence-corrected chi connectivity index (χ3v) is 3.71. The highest BCUT2D eigenvalue weighted by molar-refractivity contribution is 5.57. The average Bonchev–Trinajstić information content (AvgIpc) is 2.91. The molecule has 0 aromatic heterocycles. The van der Waals surface area contributed by atoms with E-state index in [4.69, 9.17) is 4.74 Å². The predicted molar refractivity (Wildman–Crippen MR) is 80.1 cm³/mol. The zero-order valence-corrected chi connectivity index (χ0v) is 11.5. The Morgan fingerprint density at radius 2 is 1.95 bits per heavy atom. The zero-order valence-electron chi connectivity index (χ0n) is 11.5. The molecule has 1 aliphatic heterocycles. The number of aliphatic hydroxyl groups excluding tert-OH is 1. The third-order valence-electron chi connectivity index (χ3n) is 3.71. The van der Waals surface area contributed by atoms with Crippen LogP contribution in [-0.2, 0) is 6.42 Å². The minimum Gasteiger partial charge on any atom is -0.494 e. The van der Waals surface area contributed by atoms with Gasteiger partial charge in [-0.2, -0.15) is 0 Å². The van der Waals surface area contributed by atoms with Crippen molar-refractivity contribution in [3.05, 3.63) is 59.7 Å². The fourth-order valence-corrected chi connectivity index (χ4v) is 2.68. The minimum absolute atomic E-state index is 0.0327. The first-order chi connectivity index (χ1) is 9.78. The second kappa shape index (κ2) is 5.55. The van der Waals surface area contributed by atoms with Crippen molar-refractivity contribution >= 4 is 5.69 Å². The van der Waals surface area contributed by atoms with Gasteiger partial charge in [0.15, 0.2) is 0 Å². The Morgan fingerprint density at radius 3 is 2.65 bits per heavy atom. The Hall–Kier alpha value is -2.00. The molecule has 0 aliphatic carbocycles. The summed E-state index contributed by atoms with van der Waals surface area (Å²) >= 11 is 0. The van der Waals surface area contributed by atoms with E-state index in [9.17, 15) is 5.11 Å². The highest BCUT2D eigenvalue weighted by Gasteiger charge is 2.27. The SMILES string of the molecule is CCOc1ccc(C(O)C2Cc3ccccc3N2)cc1. The molecule has 0 saturated carbocycles. The molecule has 0 radical (unpaired) electrons. The number of anilines is 1. The van der Waals surface area contributed by atoms with Gasteiger partial charge in [-0.25, -0.2) is 0 Å². The molecule has 20 heavy (non-hydrogen) atoms. The van der Waals surface area contributed by atoms with Gasteiger partial charge in [-0.1, -0.05) is 30.3 Å². The summed E-state index contributed by atoms with van der Waals surface area (Å²) in [5.41, 5.74) is 3.31. The van der Waals surface area contributed by atoms with Crippen LogP contribution < -0.4 is 10.1 Å². The monoisotopic (exact) mass is 269 g/mol. The molecule has 1 aliphatic rings.